The van der Waals surface area contributed by atoms with Gasteiger partial charge in [0.05, 0.1) is 50.1 Å². The zero-order chi connectivity index (χ0) is 44.0. The molecule has 14 nitrogen and oxygen atoms in total. The van der Waals surface area contributed by atoms with Crippen molar-refractivity contribution >= 4 is 34.8 Å². The largest absolute Gasteiger partial charge is 0.453 e. The number of nitrogens with one attached hydrogen (secondary N) is 4. The molecule has 8 rings (SSSR count). The van der Waals surface area contributed by atoms with Crippen LogP contribution >= 0.6 is 0 Å². The van der Waals surface area contributed by atoms with Crippen LogP contribution in [0.4, 0.5) is 9.59 Å². The Morgan fingerprint density at radius 3 is 1.75 bits per heavy atom. The molecule has 2 aliphatic rings. The molecule has 0 bridgehead atoms. The highest BCUT2D eigenvalue weighted by atomic mass is 16.5. The Morgan fingerprint density at radius 1 is 0.651 bits per heavy atom. The van der Waals surface area contributed by atoms with Crippen LogP contribution in [0.2, 0.25) is 0 Å². The number of benzene rings is 4. The van der Waals surface area contributed by atoms with Gasteiger partial charge >= 0.3 is 12.2 Å². The van der Waals surface area contributed by atoms with Gasteiger partial charge in [-0.25, -0.2) is 19.6 Å². The van der Waals surface area contributed by atoms with Crippen molar-refractivity contribution in [2.45, 2.75) is 76.5 Å². The number of aromatic nitrogens is 4. The summed E-state index contributed by atoms with van der Waals surface area (Å²) in [5.74, 6) is 1.12. The van der Waals surface area contributed by atoms with E-state index in [1.165, 1.54) is 14.2 Å². The number of rotatable bonds is 13. The summed E-state index contributed by atoms with van der Waals surface area (Å²) in [7, 11) is 2.60. The normalized spacial score (nSPS) is 17.2. The maximum atomic E-state index is 13.9. The number of imidazole rings is 2. The molecule has 4 atom stereocenters. The summed E-state index contributed by atoms with van der Waals surface area (Å²) < 4.78 is 9.70. The molecule has 326 valence electrons. The molecule has 2 saturated heterocycles. The number of methoxy groups -OCH3 is 2. The van der Waals surface area contributed by atoms with Crippen LogP contribution in [-0.4, -0.2) is 87.1 Å². The van der Waals surface area contributed by atoms with E-state index in [1.54, 1.807) is 4.90 Å². The molecule has 0 saturated carbocycles. The Kier molecular flexibility index (Phi) is 12.9. The summed E-state index contributed by atoms with van der Waals surface area (Å²) in [6.07, 6.45) is 7.09. The Bertz CT molecular complexity index is 2570. The number of amides is 4. The monoisotopic (exact) mass is 850 g/mol. The molecule has 2 fully saturated rings. The van der Waals surface area contributed by atoms with Gasteiger partial charge in [-0.15, -0.1) is 0 Å². The van der Waals surface area contributed by atoms with Crippen molar-refractivity contribution in [3.05, 3.63) is 121 Å². The van der Waals surface area contributed by atoms with Crippen molar-refractivity contribution in [3.63, 3.8) is 0 Å². The summed E-state index contributed by atoms with van der Waals surface area (Å²) in [5, 5.41) is 7.71. The van der Waals surface area contributed by atoms with Crippen LogP contribution in [0.5, 0.6) is 0 Å². The van der Waals surface area contributed by atoms with E-state index in [-0.39, 0.29) is 29.8 Å². The third-order valence-electron chi connectivity index (χ3n) is 12.6. The highest BCUT2D eigenvalue weighted by Gasteiger charge is 2.39. The van der Waals surface area contributed by atoms with Gasteiger partial charge in [0.2, 0.25) is 5.91 Å². The van der Waals surface area contributed by atoms with Gasteiger partial charge in [-0.3, -0.25) is 9.59 Å². The molecule has 4 N–H and O–H groups in total. The fraction of sp³-hybridized carbons (Fsp3) is 0.347. The summed E-state index contributed by atoms with van der Waals surface area (Å²) in [5.41, 5.74) is 6.53. The van der Waals surface area contributed by atoms with E-state index in [4.69, 9.17) is 19.4 Å². The van der Waals surface area contributed by atoms with Gasteiger partial charge in [0.25, 0.3) is 5.91 Å². The van der Waals surface area contributed by atoms with Crippen LogP contribution < -0.4 is 10.6 Å². The maximum Gasteiger partial charge on any atom is 0.407 e. The molecule has 0 radical (unpaired) electrons. The number of H-pyrrole nitrogens is 2. The van der Waals surface area contributed by atoms with E-state index in [2.05, 4.69) is 81.3 Å². The summed E-state index contributed by atoms with van der Waals surface area (Å²) in [6.45, 7) is 5.22. The van der Waals surface area contributed by atoms with Gasteiger partial charge < -0.3 is 39.9 Å². The fourth-order valence-corrected chi connectivity index (χ4v) is 9.15. The minimum atomic E-state index is -0.880. The third-order valence-corrected chi connectivity index (χ3v) is 12.6. The lowest BCUT2D eigenvalue weighted by Crippen LogP contribution is -2.52. The van der Waals surface area contributed by atoms with E-state index < -0.39 is 24.3 Å². The molecule has 6 aromatic rings. The molecular formula is C49H54N8O6. The number of nitrogens with zero attached hydrogens (tertiary/aromatic N) is 4. The second-order valence-corrected chi connectivity index (χ2v) is 16.3. The van der Waals surface area contributed by atoms with Gasteiger partial charge in [0.15, 0.2) is 0 Å². The minimum absolute atomic E-state index is 0.00617. The molecule has 4 aromatic carbocycles. The number of alkyl carbamates (subject to hydrolysis) is 2. The molecule has 0 spiro atoms. The van der Waals surface area contributed by atoms with Gasteiger partial charge in [0, 0.05) is 18.7 Å². The lowest BCUT2D eigenvalue weighted by atomic mass is 9.93. The molecule has 4 amide bonds. The predicted octanol–water partition coefficient (Wildman–Crippen LogP) is 8.87. The van der Waals surface area contributed by atoms with E-state index in [9.17, 15) is 19.2 Å². The number of fused-ring (bicyclic) bond motifs is 1. The highest BCUT2D eigenvalue weighted by molar-refractivity contribution is 5.91. The Hall–Kier alpha value is -6.96. The molecule has 63 heavy (non-hydrogen) atoms. The summed E-state index contributed by atoms with van der Waals surface area (Å²) >= 11 is 0. The van der Waals surface area contributed by atoms with Crippen molar-refractivity contribution in [1.82, 2.24) is 40.4 Å². The van der Waals surface area contributed by atoms with Crippen LogP contribution in [0, 0.1) is 5.92 Å². The van der Waals surface area contributed by atoms with E-state index in [1.807, 2.05) is 61.5 Å². The quantitative estimate of drug-likeness (QED) is 0.0892. The van der Waals surface area contributed by atoms with Gasteiger partial charge in [-0.2, -0.15) is 0 Å². The molecule has 1 unspecified atom stereocenters. The topological polar surface area (TPSA) is 175 Å². The Labute approximate surface area is 366 Å². The van der Waals surface area contributed by atoms with Crippen molar-refractivity contribution in [3.8, 4) is 33.6 Å². The number of likely N-dealkylation sites (tertiary alicyclic amines) is 2. The lowest BCUT2D eigenvalue weighted by molar-refractivity contribution is -0.136. The second kappa shape index (κ2) is 19.0. The zero-order valence-corrected chi connectivity index (χ0v) is 36.1. The van der Waals surface area contributed by atoms with Crippen molar-refractivity contribution in [2.24, 2.45) is 5.92 Å². The SMILES string of the molecule is CCC(CC)C(NC(=O)OC)C(=O)N1CCC[C@H]1c1ncc(-c2ccc3cc(-c4ccc(-c5cnc([C@@H]6CCCN6C(=O)[C@H](NC(=O)OC)c6ccccc6)[nH]5)cc4)ccc3c2)[nH]1. The van der Waals surface area contributed by atoms with Crippen LogP contribution in [0.15, 0.2) is 103 Å². The van der Waals surface area contributed by atoms with Crippen LogP contribution in [-0.2, 0) is 19.1 Å². The number of ether oxygens (including phenoxy) is 2. The van der Waals surface area contributed by atoms with Crippen molar-refractivity contribution in [2.75, 3.05) is 27.3 Å². The average Bonchev–Trinajstić information content (AvgIpc) is 4.18. The standard InChI is InChI=1S/C49H54N8O6/c1-5-30(6-2)42(54-48(60)62-3)46(58)56-24-10-15-41(56)45-51-29-39(53-45)37-23-22-35-26-34(20-21-36(35)27-37)31-16-18-32(19-17-31)38-28-50-44(52-38)40-14-11-25-57(40)47(59)43(55-49(61)63-4)33-12-8-7-9-13-33/h7-9,12-13,16-23,26-30,40-43H,5-6,10-11,14-15,24-25H2,1-4H3,(H,50,52)(H,51,53)(H,54,60)(H,55,61)/t40-,41-,42?,43+/m0/s1. The van der Waals surface area contributed by atoms with E-state index in [0.29, 0.717) is 24.5 Å². The number of carbonyl (C=O) groups excluding carboxylic acids is 4. The molecule has 4 heterocycles. The Balaban J connectivity index is 0.943. The van der Waals surface area contributed by atoms with Gasteiger partial charge in [-0.1, -0.05) is 106 Å². The molecule has 2 aliphatic heterocycles. The predicted molar refractivity (Wildman–Crippen MR) is 240 cm³/mol. The third kappa shape index (κ3) is 9.02. The van der Waals surface area contributed by atoms with Crippen molar-refractivity contribution in [1.29, 1.82) is 0 Å². The van der Waals surface area contributed by atoms with Crippen molar-refractivity contribution < 1.29 is 28.7 Å². The van der Waals surface area contributed by atoms with Crippen LogP contribution in [0.3, 0.4) is 0 Å². The van der Waals surface area contributed by atoms with Gasteiger partial charge in [0.1, 0.15) is 23.7 Å². The fourth-order valence-electron chi connectivity index (χ4n) is 9.15. The zero-order valence-electron chi connectivity index (χ0n) is 36.1. The lowest BCUT2D eigenvalue weighted by Gasteiger charge is -2.31. The smallest absolute Gasteiger partial charge is 0.407 e. The Morgan fingerprint density at radius 2 is 1.16 bits per heavy atom. The number of hydrogen-bond donors (Lipinski definition) is 4. The first-order valence-corrected chi connectivity index (χ1v) is 21.8. The van der Waals surface area contributed by atoms with Crippen LogP contribution in [0.25, 0.3) is 44.4 Å². The van der Waals surface area contributed by atoms with Gasteiger partial charge in [-0.05, 0) is 76.8 Å². The number of carbonyl (C=O) groups is 4. The first-order chi connectivity index (χ1) is 30.7. The number of hydrogen-bond acceptors (Lipinski definition) is 8. The first kappa shape index (κ1) is 42.7. The van der Waals surface area contributed by atoms with E-state index in [0.717, 1.165) is 88.8 Å². The average molecular weight is 851 g/mol. The molecule has 14 heteroatoms. The summed E-state index contributed by atoms with van der Waals surface area (Å²) in [6, 6.07) is 28.3. The summed E-state index contributed by atoms with van der Waals surface area (Å²) in [4.78, 5) is 72.4. The highest BCUT2D eigenvalue weighted by Crippen LogP contribution is 2.36. The maximum absolute atomic E-state index is 13.9. The first-order valence-electron chi connectivity index (χ1n) is 21.8. The van der Waals surface area contributed by atoms with Crippen LogP contribution in [0.1, 0.15) is 87.7 Å². The number of aromatic amines is 2. The molecule has 2 aromatic heterocycles. The molecule has 0 aliphatic carbocycles. The van der Waals surface area contributed by atoms with E-state index >= 15 is 0 Å². The molecular weight excluding hydrogens is 797 g/mol. The minimum Gasteiger partial charge on any atom is -0.453 e. The second-order valence-electron chi connectivity index (χ2n) is 16.3.